The number of hydrogen-bond donors (Lipinski definition) is 1. The summed E-state index contributed by atoms with van der Waals surface area (Å²) in [5.41, 5.74) is -0.763. The molecule has 4 atom stereocenters. The first kappa shape index (κ1) is 18.3. The van der Waals surface area contributed by atoms with E-state index in [1.807, 2.05) is 6.92 Å². The first-order chi connectivity index (χ1) is 8.67. The number of aliphatic hydroxyl groups excluding tert-OH is 1. The normalized spacial score (nSPS) is 19.3. The first-order valence-corrected chi connectivity index (χ1v) is 6.93. The molecule has 0 saturated heterocycles. The van der Waals surface area contributed by atoms with E-state index in [4.69, 9.17) is 4.74 Å². The lowest BCUT2D eigenvalue weighted by molar-refractivity contribution is -0.146. The van der Waals surface area contributed by atoms with Crippen LogP contribution in [0.4, 0.5) is 0 Å². The fraction of sp³-hybridized carbons (Fsp3) is 0.867. The maximum absolute atomic E-state index is 11.9. The van der Waals surface area contributed by atoms with Crippen molar-refractivity contribution in [2.45, 2.75) is 65.6 Å². The van der Waals surface area contributed by atoms with Gasteiger partial charge in [-0.2, -0.15) is 0 Å². The zero-order valence-corrected chi connectivity index (χ0v) is 13.0. The molecule has 0 aromatic heterocycles. The Morgan fingerprint density at radius 2 is 1.84 bits per heavy atom. The average Bonchev–Trinajstić information content (AvgIpc) is 2.35. The average molecular weight is 272 g/mol. The lowest BCUT2D eigenvalue weighted by Crippen LogP contribution is -2.48. The molecule has 0 bridgehead atoms. The zero-order chi connectivity index (χ0) is 15.2. The highest BCUT2D eigenvalue weighted by atomic mass is 16.5. The van der Waals surface area contributed by atoms with Crippen LogP contribution in [-0.2, 0) is 14.3 Å². The molecule has 0 aromatic carbocycles. The van der Waals surface area contributed by atoms with Crippen LogP contribution < -0.4 is 0 Å². The minimum atomic E-state index is -0.904. The molecule has 0 fully saturated rings. The smallest absolute Gasteiger partial charge is 0.145 e. The Bertz CT molecular complexity index is 313. The first-order valence-electron chi connectivity index (χ1n) is 6.93. The number of ether oxygens (including phenoxy) is 1. The minimum Gasteiger partial charge on any atom is -0.389 e. The quantitative estimate of drug-likeness (QED) is 0.654. The molecule has 0 radical (unpaired) electrons. The van der Waals surface area contributed by atoms with Gasteiger partial charge in [0.15, 0.2) is 0 Å². The Balaban J connectivity index is 4.85. The Labute approximate surface area is 116 Å². The van der Waals surface area contributed by atoms with E-state index in [1.54, 1.807) is 14.0 Å². The number of aliphatic hydroxyl groups is 1. The maximum Gasteiger partial charge on any atom is 0.145 e. The summed E-state index contributed by atoms with van der Waals surface area (Å²) < 4.78 is 5.46. The summed E-state index contributed by atoms with van der Waals surface area (Å²) in [6, 6.07) is 0. The fourth-order valence-corrected chi connectivity index (χ4v) is 2.27. The van der Waals surface area contributed by atoms with E-state index in [-0.39, 0.29) is 18.0 Å². The summed E-state index contributed by atoms with van der Waals surface area (Å²) in [6.07, 6.45) is 0.639. The van der Waals surface area contributed by atoms with Gasteiger partial charge in [-0.3, -0.25) is 9.59 Å². The molecule has 0 spiro atoms. The lowest BCUT2D eigenvalue weighted by Gasteiger charge is -2.37. The number of hydrogen-bond acceptors (Lipinski definition) is 4. The molecule has 19 heavy (non-hydrogen) atoms. The van der Waals surface area contributed by atoms with Gasteiger partial charge in [0.25, 0.3) is 0 Å². The summed E-state index contributed by atoms with van der Waals surface area (Å²) in [5.74, 6) is -0.606. The van der Waals surface area contributed by atoms with Gasteiger partial charge >= 0.3 is 0 Å². The van der Waals surface area contributed by atoms with Crippen LogP contribution in [0.1, 0.15) is 53.9 Å². The second kappa shape index (κ2) is 7.75. The molecule has 0 saturated carbocycles. The molecule has 0 heterocycles. The predicted molar refractivity (Wildman–Crippen MR) is 75.0 cm³/mol. The van der Waals surface area contributed by atoms with Crippen LogP contribution in [-0.4, -0.2) is 35.5 Å². The van der Waals surface area contributed by atoms with E-state index in [9.17, 15) is 14.7 Å². The third kappa shape index (κ3) is 5.41. The lowest BCUT2D eigenvalue weighted by atomic mass is 9.80. The maximum atomic E-state index is 11.9. The number of carbonyl (C=O) groups excluding carboxylic acids is 2. The van der Waals surface area contributed by atoms with Crippen molar-refractivity contribution in [2.75, 3.05) is 7.11 Å². The van der Waals surface area contributed by atoms with Crippen LogP contribution in [0.5, 0.6) is 0 Å². The third-order valence-electron chi connectivity index (χ3n) is 3.95. The largest absolute Gasteiger partial charge is 0.389 e. The summed E-state index contributed by atoms with van der Waals surface area (Å²) in [4.78, 5) is 22.9. The van der Waals surface area contributed by atoms with Gasteiger partial charge in [-0.1, -0.05) is 27.2 Å². The summed E-state index contributed by atoms with van der Waals surface area (Å²) >= 11 is 0. The minimum absolute atomic E-state index is 0.124. The molecule has 0 aromatic rings. The molecule has 0 aliphatic heterocycles. The van der Waals surface area contributed by atoms with Crippen LogP contribution in [0.2, 0.25) is 0 Å². The second-order valence-corrected chi connectivity index (χ2v) is 5.81. The Morgan fingerprint density at radius 1 is 1.32 bits per heavy atom. The van der Waals surface area contributed by atoms with Gasteiger partial charge in [0, 0.05) is 13.0 Å². The van der Waals surface area contributed by atoms with Crippen molar-refractivity contribution in [1.29, 1.82) is 0 Å². The molecule has 0 amide bonds. The predicted octanol–water partition coefficient (Wildman–Crippen LogP) is 2.37. The van der Waals surface area contributed by atoms with E-state index in [1.165, 1.54) is 6.92 Å². The standard InChI is InChI=1S/C15H28O4/c1-7-10(2)9-15(5,19-6)14(18)12(4)13(17)8-11(3)16/h10,12,14,18H,7-9H2,1-6H3/t10-,12-,14+,15+/m0/s1. The molecule has 0 unspecified atom stereocenters. The van der Waals surface area contributed by atoms with Crippen LogP contribution >= 0.6 is 0 Å². The Kier molecular flexibility index (Phi) is 7.45. The van der Waals surface area contributed by atoms with Crippen molar-refractivity contribution in [1.82, 2.24) is 0 Å². The third-order valence-corrected chi connectivity index (χ3v) is 3.95. The van der Waals surface area contributed by atoms with Crippen molar-refractivity contribution >= 4 is 11.6 Å². The van der Waals surface area contributed by atoms with E-state index in [2.05, 4.69) is 13.8 Å². The monoisotopic (exact) mass is 272 g/mol. The summed E-state index contributed by atoms with van der Waals surface area (Å²) in [5, 5.41) is 10.4. The molecule has 112 valence electrons. The number of Topliss-reactive ketones (excluding diaryl/α,β-unsaturated/α-hetero) is 2. The summed E-state index contributed by atoms with van der Waals surface area (Å²) in [6.45, 7) is 9.03. The fourth-order valence-electron chi connectivity index (χ4n) is 2.27. The van der Waals surface area contributed by atoms with E-state index in [0.29, 0.717) is 12.3 Å². The van der Waals surface area contributed by atoms with E-state index >= 15 is 0 Å². The molecule has 0 aliphatic rings. The second-order valence-electron chi connectivity index (χ2n) is 5.81. The van der Waals surface area contributed by atoms with Crippen molar-refractivity contribution in [3.05, 3.63) is 0 Å². The van der Waals surface area contributed by atoms with Gasteiger partial charge in [0.1, 0.15) is 11.6 Å². The van der Waals surface area contributed by atoms with Crippen molar-refractivity contribution in [2.24, 2.45) is 11.8 Å². The highest BCUT2D eigenvalue weighted by Gasteiger charge is 2.39. The molecule has 4 heteroatoms. The Hall–Kier alpha value is -0.740. The van der Waals surface area contributed by atoms with Crippen LogP contribution in [0.15, 0.2) is 0 Å². The van der Waals surface area contributed by atoms with E-state index < -0.39 is 17.6 Å². The van der Waals surface area contributed by atoms with Crippen LogP contribution in [0.25, 0.3) is 0 Å². The van der Waals surface area contributed by atoms with Crippen LogP contribution in [0, 0.1) is 11.8 Å². The highest BCUT2D eigenvalue weighted by molar-refractivity contribution is 5.99. The molecular weight excluding hydrogens is 244 g/mol. The number of ketones is 2. The van der Waals surface area contributed by atoms with Gasteiger partial charge < -0.3 is 9.84 Å². The highest BCUT2D eigenvalue weighted by Crippen LogP contribution is 2.30. The van der Waals surface area contributed by atoms with Crippen molar-refractivity contribution in [3.63, 3.8) is 0 Å². The topological polar surface area (TPSA) is 63.6 Å². The van der Waals surface area contributed by atoms with Crippen LogP contribution in [0.3, 0.4) is 0 Å². The van der Waals surface area contributed by atoms with Gasteiger partial charge in [-0.15, -0.1) is 0 Å². The number of carbonyl (C=O) groups is 2. The Morgan fingerprint density at radius 3 is 2.21 bits per heavy atom. The van der Waals surface area contributed by atoms with Gasteiger partial charge in [0.2, 0.25) is 0 Å². The van der Waals surface area contributed by atoms with Gasteiger partial charge in [-0.05, 0) is 26.2 Å². The SMILES string of the molecule is CC[C@H](C)C[C@@](C)(OC)[C@H](O)[C@@H](C)C(=O)CC(C)=O. The van der Waals surface area contributed by atoms with Gasteiger partial charge in [-0.25, -0.2) is 0 Å². The molecule has 0 rings (SSSR count). The van der Waals surface area contributed by atoms with Gasteiger partial charge in [0.05, 0.1) is 18.1 Å². The number of methoxy groups -OCH3 is 1. The zero-order valence-electron chi connectivity index (χ0n) is 13.0. The van der Waals surface area contributed by atoms with Crippen molar-refractivity contribution in [3.8, 4) is 0 Å². The summed E-state index contributed by atoms with van der Waals surface area (Å²) in [7, 11) is 1.55. The molecule has 1 N–H and O–H groups in total. The van der Waals surface area contributed by atoms with Crippen molar-refractivity contribution < 1.29 is 19.4 Å². The number of rotatable bonds is 9. The molecule has 0 aliphatic carbocycles. The van der Waals surface area contributed by atoms with E-state index in [0.717, 1.165) is 6.42 Å². The molecular formula is C15H28O4. The molecule has 4 nitrogen and oxygen atoms in total.